The summed E-state index contributed by atoms with van der Waals surface area (Å²) in [5.74, 6) is -0.237. The van der Waals surface area contributed by atoms with Crippen LogP contribution in [0.25, 0.3) is 11.1 Å². The predicted molar refractivity (Wildman–Crippen MR) is 120 cm³/mol. The molecule has 2 aromatic rings. The molecule has 0 heterocycles. The summed E-state index contributed by atoms with van der Waals surface area (Å²) in [7, 11) is -3.47. The van der Waals surface area contributed by atoms with Gasteiger partial charge in [0.2, 0.25) is 10.0 Å². The fourth-order valence-electron chi connectivity index (χ4n) is 2.87. The predicted octanol–water partition coefficient (Wildman–Crippen LogP) is 3.32. The smallest absolute Gasteiger partial charge is 0.319 e. The van der Waals surface area contributed by atoms with Gasteiger partial charge in [-0.15, -0.1) is 0 Å². The van der Waals surface area contributed by atoms with Crippen LogP contribution in [0.1, 0.15) is 32.8 Å². The molecule has 0 fully saturated rings. The van der Waals surface area contributed by atoms with Crippen molar-refractivity contribution in [1.82, 2.24) is 10.0 Å². The quantitative estimate of drug-likeness (QED) is 0.566. The number of ketones is 1. The Balaban J connectivity index is 2.10. The zero-order chi connectivity index (χ0) is 22.3. The Morgan fingerprint density at radius 2 is 1.70 bits per heavy atom. The summed E-state index contributed by atoms with van der Waals surface area (Å²) in [5, 5.41) is 5.70. The minimum Gasteiger partial charge on any atom is -0.335 e. The van der Waals surface area contributed by atoms with Gasteiger partial charge in [-0.2, -0.15) is 0 Å². The van der Waals surface area contributed by atoms with E-state index in [1.165, 1.54) is 6.92 Å². The average Bonchev–Trinajstić information content (AvgIpc) is 2.67. The molecule has 2 aromatic carbocycles. The highest BCUT2D eigenvalue weighted by molar-refractivity contribution is 7.88. The van der Waals surface area contributed by atoms with Crippen LogP contribution < -0.4 is 15.4 Å². The number of sulfonamides is 1. The average molecular weight is 432 g/mol. The monoisotopic (exact) mass is 431 g/mol. The van der Waals surface area contributed by atoms with E-state index in [0.717, 1.165) is 29.4 Å². The van der Waals surface area contributed by atoms with Gasteiger partial charge < -0.3 is 10.6 Å². The molecule has 2 amide bonds. The maximum Gasteiger partial charge on any atom is 0.319 e. The Morgan fingerprint density at radius 1 is 1.03 bits per heavy atom. The van der Waals surface area contributed by atoms with Crippen molar-refractivity contribution in [3.8, 4) is 11.1 Å². The maximum atomic E-state index is 12.0. The lowest BCUT2D eigenvalue weighted by Crippen LogP contribution is -2.40. The van der Waals surface area contributed by atoms with Crippen LogP contribution in [-0.4, -0.2) is 38.6 Å². The van der Waals surface area contributed by atoms with E-state index in [1.54, 1.807) is 0 Å². The van der Waals surface area contributed by atoms with E-state index in [-0.39, 0.29) is 24.3 Å². The van der Waals surface area contributed by atoms with E-state index < -0.39 is 16.1 Å². The molecule has 0 aliphatic carbocycles. The summed E-state index contributed by atoms with van der Waals surface area (Å²) in [6, 6.07) is 14.1. The van der Waals surface area contributed by atoms with Crippen molar-refractivity contribution >= 4 is 27.5 Å². The van der Waals surface area contributed by atoms with Crippen LogP contribution in [0, 0.1) is 0 Å². The van der Waals surface area contributed by atoms with Crippen LogP contribution >= 0.6 is 0 Å². The molecule has 0 bridgehead atoms. The number of amides is 2. The van der Waals surface area contributed by atoms with Crippen molar-refractivity contribution < 1.29 is 18.0 Å². The molecule has 0 saturated heterocycles. The third-order valence-corrected chi connectivity index (χ3v) is 5.40. The first-order valence-corrected chi connectivity index (χ1v) is 11.7. The first-order chi connectivity index (χ1) is 14.1. The van der Waals surface area contributed by atoms with Crippen LogP contribution in [0.2, 0.25) is 0 Å². The number of hydrogen-bond acceptors (Lipinski definition) is 4. The second kappa shape index (κ2) is 10.4. The SMILES string of the molecule is CCC(C)NC(=O)Nc1cccc(-c2ccc(CC(NS(C)(=O)=O)C(C)=O)cc2)c1. The number of nitrogens with one attached hydrogen (secondary N) is 3. The summed E-state index contributed by atoms with van der Waals surface area (Å²) in [6.45, 7) is 5.32. The number of carbonyl (C=O) groups excluding carboxylic acids is 2. The first kappa shape index (κ1) is 23.6. The molecule has 0 radical (unpaired) electrons. The van der Waals surface area contributed by atoms with Crippen LogP contribution in [0.4, 0.5) is 10.5 Å². The van der Waals surface area contributed by atoms with Gasteiger partial charge in [-0.1, -0.05) is 43.3 Å². The summed E-state index contributed by atoms with van der Waals surface area (Å²) >= 11 is 0. The number of urea groups is 1. The Morgan fingerprint density at radius 3 is 2.27 bits per heavy atom. The van der Waals surface area contributed by atoms with Crippen molar-refractivity contribution in [2.45, 2.75) is 45.7 Å². The highest BCUT2D eigenvalue weighted by Crippen LogP contribution is 2.23. The van der Waals surface area contributed by atoms with E-state index in [9.17, 15) is 18.0 Å². The van der Waals surface area contributed by atoms with Gasteiger partial charge >= 0.3 is 6.03 Å². The lowest BCUT2D eigenvalue weighted by molar-refractivity contribution is -0.118. The zero-order valence-corrected chi connectivity index (χ0v) is 18.5. The Hall–Kier alpha value is -2.71. The van der Waals surface area contributed by atoms with Gasteiger partial charge in [-0.3, -0.25) is 4.79 Å². The van der Waals surface area contributed by atoms with Gasteiger partial charge in [0.15, 0.2) is 0 Å². The topological polar surface area (TPSA) is 104 Å². The highest BCUT2D eigenvalue weighted by atomic mass is 32.2. The van der Waals surface area contributed by atoms with Crippen LogP contribution in [0.15, 0.2) is 48.5 Å². The number of rotatable bonds is 9. The maximum absolute atomic E-state index is 12.0. The molecule has 30 heavy (non-hydrogen) atoms. The summed E-state index contributed by atoms with van der Waals surface area (Å²) in [6.07, 6.45) is 2.17. The molecule has 7 nitrogen and oxygen atoms in total. The summed E-state index contributed by atoms with van der Waals surface area (Å²) < 4.78 is 25.3. The van der Waals surface area contributed by atoms with E-state index >= 15 is 0 Å². The van der Waals surface area contributed by atoms with E-state index in [0.29, 0.717) is 5.69 Å². The van der Waals surface area contributed by atoms with Gasteiger partial charge in [0.25, 0.3) is 0 Å². The lowest BCUT2D eigenvalue weighted by Gasteiger charge is -2.15. The molecule has 0 aliphatic rings. The molecule has 3 N–H and O–H groups in total. The molecule has 0 aliphatic heterocycles. The molecule has 0 aromatic heterocycles. The molecular weight excluding hydrogens is 402 g/mol. The summed E-state index contributed by atoms with van der Waals surface area (Å²) in [4.78, 5) is 23.8. The second-order valence-corrected chi connectivity index (χ2v) is 9.22. The van der Waals surface area contributed by atoms with Crippen LogP contribution in [0.5, 0.6) is 0 Å². The first-order valence-electron chi connectivity index (χ1n) is 9.82. The van der Waals surface area contributed by atoms with Gasteiger partial charge in [0.05, 0.1) is 12.3 Å². The summed E-state index contributed by atoms with van der Waals surface area (Å²) in [5.41, 5.74) is 3.41. The third kappa shape index (κ3) is 7.61. The largest absolute Gasteiger partial charge is 0.335 e. The van der Waals surface area contributed by atoms with E-state index in [1.807, 2.05) is 62.4 Å². The number of hydrogen-bond donors (Lipinski definition) is 3. The Kier molecular flexibility index (Phi) is 8.14. The van der Waals surface area contributed by atoms with Crippen molar-refractivity contribution in [2.24, 2.45) is 0 Å². The molecule has 0 spiro atoms. The number of carbonyl (C=O) groups is 2. The van der Waals surface area contributed by atoms with Gasteiger partial charge in [-0.05, 0) is 55.5 Å². The molecule has 8 heteroatoms. The highest BCUT2D eigenvalue weighted by Gasteiger charge is 2.19. The van der Waals surface area contributed by atoms with Gasteiger partial charge in [0, 0.05) is 11.7 Å². The zero-order valence-electron chi connectivity index (χ0n) is 17.7. The fourth-order valence-corrected chi connectivity index (χ4v) is 3.63. The van der Waals surface area contributed by atoms with Crippen molar-refractivity contribution in [3.05, 3.63) is 54.1 Å². The molecule has 162 valence electrons. The van der Waals surface area contributed by atoms with Crippen LogP contribution in [0.3, 0.4) is 0 Å². The number of benzene rings is 2. The van der Waals surface area contributed by atoms with Crippen molar-refractivity contribution in [2.75, 3.05) is 11.6 Å². The lowest BCUT2D eigenvalue weighted by atomic mass is 9.99. The third-order valence-electron chi connectivity index (χ3n) is 4.68. The number of Topliss-reactive ketones (excluding diaryl/α,β-unsaturated/α-hetero) is 1. The molecule has 0 saturated carbocycles. The van der Waals surface area contributed by atoms with Crippen molar-refractivity contribution in [3.63, 3.8) is 0 Å². The normalized spacial score (nSPS) is 13.3. The fraction of sp³-hybridized carbons (Fsp3) is 0.364. The van der Waals surface area contributed by atoms with Crippen LogP contribution in [-0.2, 0) is 21.2 Å². The van der Waals surface area contributed by atoms with Crippen molar-refractivity contribution in [1.29, 1.82) is 0 Å². The number of anilines is 1. The van der Waals surface area contributed by atoms with E-state index in [2.05, 4.69) is 15.4 Å². The molecule has 2 atom stereocenters. The Labute approximate surface area is 178 Å². The van der Waals surface area contributed by atoms with Gasteiger partial charge in [-0.25, -0.2) is 17.9 Å². The Bertz CT molecular complexity index is 988. The molecule has 2 rings (SSSR count). The van der Waals surface area contributed by atoms with E-state index in [4.69, 9.17) is 0 Å². The minimum absolute atomic E-state index is 0.0942. The second-order valence-electron chi connectivity index (χ2n) is 7.44. The molecular formula is C22H29N3O4S. The minimum atomic E-state index is -3.47. The standard InChI is InChI=1S/C22H29N3O4S/c1-5-15(2)23-22(27)24-20-8-6-7-19(14-20)18-11-9-17(10-12-18)13-21(16(3)26)25-30(4,28)29/h6-12,14-15,21,25H,5,13H2,1-4H3,(H2,23,24,27). The van der Waals surface area contributed by atoms with Gasteiger partial charge in [0.1, 0.15) is 5.78 Å². The molecule has 2 unspecified atom stereocenters.